The van der Waals surface area contributed by atoms with E-state index in [2.05, 4.69) is 26.7 Å². The normalized spacial score (nSPS) is 10.1. The van der Waals surface area contributed by atoms with Crippen LogP contribution in [0, 0.1) is 0 Å². The molecule has 0 aliphatic rings. The molecule has 1 heterocycles. The van der Waals surface area contributed by atoms with Gasteiger partial charge in [-0.3, -0.25) is 0 Å². The molecule has 0 unspecified atom stereocenters. The number of carbonyl (C=O) groups is 1. The molecule has 0 spiro atoms. The Morgan fingerprint density at radius 2 is 2.11 bits per heavy atom. The second-order valence-electron chi connectivity index (χ2n) is 3.60. The number of hydrogen-bond donors (Lipinski definition) is 0. The summed E-state index contributed by atoms with van der Waals surface area (Å²) in [4.78, 5) is 12.5. The maximum Gasteiger partial charge on any atom is 0.335 e. The molecule has 0 aliphatic carbocycles. The number of carbonyl (C=O) groups excluding carboxylic acids is 1. The molecule has 0 radical (unpaired) electrons. The van der Waals surface area contributed by atoms with Gasteiger partial charge in [0.25, 0.3) is 0 Å². The van der Waals surface area contributed by atoms with E-state index in [-0.39, 0.29) is 12.1 Å². The first kappa shape index (κ1) is 12.0. The molecule has 0 bridgehead atoms. The Hall–Kier alpha value is -2.50. The lowest BCUT2D eigenvalue weighted by atomic mass is 10.2. The van der Waals surface area contributed by atoms with E-state index in [4.69, 9.17) is 0 Å². The van der Waals surface area contributed by atoms with Crippen LogP contribution in [0.1, 0.15) is 0 Å². The fourth-order valence-corrected chi connectivity index (χ4v) is 1.39. The van der Waals surface area contributed by atoms with Crippen LogP contribution in [0.2, 0.25) is 0 Å². The molecule has 2 aromatic rings. The van der Waals surface area contributed by atoms with Crippen molar-refractivity contribution < 1.29 is 9.53 Å². The third-order valence-electron chi connectivity index (χ3n) is 2.29. The van der Waals surface area contributed by atoms with E-state index in [1.54, 1.807) is 0 Å². The molecule has 0 fully saturated rings. The van der Waals surface area contributed by atoms with Crippen LogP contribution >= 0.6 is 0 Å². The quantitative estimate of drug-likeness (QED) is 0.594. The van der Waals surface area contributed by atoms with E-state index in [1.165, 1.54) is 11.9 Å². The first-order valence-electron chi connectivity index (χ1n) is 5.30. The van der Waals surface area contributed by atoms with Gasteiger partial charge >= 0.3 is 5.97 Å². The summed E-state index contributed by atoms with van der Waals surface area (Å²) in [5, 5.41) is 11.9. The monoisotopic (exact) mass is 244 g/mol. The topological polar surface area (TPSA) is 69.9 Å². The zero-order valence-electron chi connectivity index (χ0n) is 9.91. The van der Waals surface area contributed by atoms with Crippen LogP contribution in [-0.4, -0.2) is 33.3 Å². The van der Waals surface area contributed by atoms with Gasteiger partial charge < -0.3 is 4.74 Å². The van der Waals surface area contributed by atoms with Crippen LogP contribution in [-0.2, 0) is 16.1 Å². The smallest absolute Gasteiger partial charge is 0.335 e. The van der Waals surface area contributed by atoms with Crippen LogP contribution in [0.15, 0.2) is 42.5 Å². The van der Waals surface area contributed by atoms with Gasteiger partial charge in [-0.05, 0) is 5.21 Å². The number of benzene rings is 1. The Morgan fingerprint density at radius 1 is 1.39 bits per heavy atom. The minimum absolute atomic E-state index is 0.159. The van der Waals surface area contributed by atoms with Crippen molar-refractivity contribution in [2.75, 3.05) is 7.11 Å². The number of rotatable bonds is 4. The Kier molecular flexibility index (Phi) is 3.47. The highest BCUT2D eigenvalue weighted by molar-refractivity contribution is 5.87. The number of hydrogen-bond acceptors (Lipinski definition) is 5. The standard InChI is InChI=1S/C12H12N4O2/c1-9(12(17)18-2)8-16-14-11(13-15-16)10-6-4-3-5-7-10/h3-7H,1,8H2,2H3. The highest BCUT2D eigenvalue weighted by Crippen LogP contribution is 2.12. The van der Waals surface area contributed by atoms with Gasteiger partial charge in [-0.25, -0.2) is 4.79 Å². The van der Waals surface area contributed by atoms with E-state index in [0.29, 0.717) is 5.82 Å². The summed E-state index contributed by atoms with van der Waals surface area (Å²) < 4.78 is 4.55. The van der Waals surface area contributed by atoms with E-state index in [1.807, 2.05) is 30.3 Å². The summed E-state index contributed by atoms with van der Waals surface area (Å²) in [6.45, 7) is 3.76. The van der Waals surface area contributed by atoms with E-state index >= 15 is 0 Å². The maximum absolute atomic E-state index is 11.2. The maximum atomic E-state index is 11.2. The summed E-state index contributed by atoms with van der Waals surface area (Å²) in [6.07, 6.45) is 0. The molecule has 1 aromatic heterocycles. The van der Waals surface area contributed by atoms with E-state index in [0.717, 1.165) is 5.56 Å². The molecular formula is C12H12N4O2. The highest BCUT2D eigenvalue weighted by Gasteiger charge is 2.10. The van der Waals surface area contributed by atoms with Crippen molar-refractivity contribution >= 4 is 5.97 Å². The number of tetrazole rings is 1. The lowest BCUT2D eigenvalue weighted by Crippen LogP contribution is -2.12. The summed E-state index contributed by atoms with van der Waals surface area (Å²) in [7, 11) is 1.30. The van der Waals surface area contributed by atoms with Crippen LogP contribution < -0.4 is 0 Å². The first-order valence-corrected chi connectivity index (χ1v) is 5.30. The van der Waals surface area contributed by atoms with Gasteiger partial charge in [-0.2, -0.15) is 4.80 Å². The molecule has 18 heavy (non-hydrogen) atoms. The lowest BCUT2D eigenvalue weighted by molar-refractivity contribution is -0.136. The molecule has 2 rings (SSSR count). The first-order chi connectivity index (χ1) is 8.70. The minimum atomic E-state index is -0.478. The fourth-order valence-electron chi connectivity index (χ4n) is 1.39. The van der Waals surface area contributed by atoms with Gasteiger partial charge in [-0.15, -0.1) is 10.2 Å². The summed E-state index contributed by atoms with van der Waals surface area (Å²) in [5.74, 6) is 0.0295. The van der Waals surface area contributed by atoms with Gasteiger partial charge in [0.15, 0.2) is 0 Å². The molecule has 6 heteroatoms. The Balaban J connectivity index is 2.12. The second kappa shape index (κ2) is 5.22. The molecule has 6 nitrogen and oxygen atoms in total. The van der Waals surface area contributed by atoms with Crippen molar-refractivity contribution in [2.24, 2.45) is 0 Å². The van der Waals surface area contributed by atoms with Crippen molar-refractivity contribution in [3.8, 4) is 11.4 Å². The number of esters is 1. The number of aromatic nitrogens is 4. The SMILES string of the molecule is C=C(Cn1nnc(-c2ccccc2)n1)C(=O)OC. The predicted octanol–water partition coefficient (Wildman–Crippen LogP) is 1.07. The van der Waals surface area contributed by atoms with Gasteiger partial charge in [-0.1, -0.05) is 36.9 Å². The van der Waals surface area contributed by atoms with E-state index < -0.39 is 5.97 Å². The third kappa shape index (κ3) is 2.60. The summed E-state index contributed by atoms with van der Waals surface area (Å²) in [5.41, 5.74) is 1.14. The highest BCUT2D eigenvalue weighted by atomic mass is 16.5. The molecule has 92 valence electrons. The van der Waals surface area contributed by atoms with E-state index in [9.17, 15) is 4.79 Å². The average Bonchev–Trinajstić information content (AvgIpc) is 2.87. The summed E-state index contributed by atoms with van der Waals surface area (Å²) >= 11 is 0. The fraction of sp³-hybridized carbons (Fsp3) is 0.167. The molecule has 1 aromatic carbocycles. The average molecular weight is 244 g/mol. The van der Waals surface area contributed by atoms with Crippen molar-refractivity contribution in [1.29, 1.82) is 0 Å². The van der Waals surface area contributed by atoms with Crippen LogP contribution in [0.25, 0.3) is 11.4 Å². The third-order valence-corrected chi connectivity index (χ3v) is 2.29. The Bertz CT molecular complexity index is 562. The van der Waals surface area contributed by atoms with Gasteiger partial charge in [0.05, 0.1) is 19.2 Å². The summed E-state index contributed by atoms with van der Waals surface area (Å²) in [6, 6.07) is 9.47. The van der Waals surface area contributed by atoms with Crippen molar-refractivity contribution in [1.82, 2.24) is 20.2 Å². The number of ether oxygens (including phenoxy) is 1. The molecule has 0 saturated heterocycles. The molecule has 0 atom stereocenters. The molecule has 0 amide bonds. The zero-order chi connectivity index (χ0) is 13.0. The second-order valence-corrected chi connectivity index (χ2v) is 3.60. The van der Waals surface area contributed by atoms with Gasteiger partial charge in [0.2, 0.25) is 5.82 Å². The van der Waals surface area contributed by atoms with Gasteiger partial charge in [0.1, 0.15) is 0 Å². The van der Waals surface area contributed by atoms with Crippen molar-refractivity contribution in [2.45, 2.75) is 6.54 Å². The van der Waals surface area contributed by atoms with Crippen LogP contribution in [0.4, 0.5) is 0 Å². The number of nitrogens with zero attached hydrogens (tertiary/aromatic N) is 4. The Labute approximate surface area is 104 Å². The minimum Gasteiger partial charge on any atom is -0.466 e. The lowest BCUT2D eigenvalue weighted by Gasteiger charge is -2.00. The molecule has 0 saturated carbocycles. The van der Waals surface area contributed by atoms with Crippen molar-refractivity contribution in [3.05, 3.63) is 42.5 Å². The predicted molar refractivity (Wildman–Crippen MR) is 64.4 cm³/mol. The molecule has 0 aliphatic heterocycles. The molecule has 0 N–H and O–H groups in total. The number of methoxy groups -OCH3 is 1. The van der Waals surface area contributed by atoms with Crippen LogP contribution in [0.5, 0.6) is 0 Å². The largest absolute Gasteiger partial charge is 0.466 e. The van der Waals surface area contributed by atoms with Crippen molar-refractivity contribution in [3.63, 3.8) is 0 Å². The van der Waals surface area contributed by atoms with Gasteiger partial charge in [0, 0.05) is 5.56 Å². The zero-order valence-corrected chi connectivity index (χ0v) is 9.91. The Morgan fingerprint density at radius 3 is 2.78 bits per heavy atom. The van der Waals surface area contributed by atoms with Crippen LogP contribution in [0.3, 0.4) is 0 Å². The molecular weight excluding hydrogens is 232 g/mol.